The number of benzene rings is 1. The molecule has 1 amide bonds. The van der Waals surface area contributed by atoms with Crippen molar-refractivity contribution in [2.24, 2.45) is 0 Å². The second-order valence-corrected chi connectivity index (χ2v) is 4.65. The van der Waals surface area contributed by atoms with Crippen molar-refractivity contribution in [3.8, 4) is 0 Å². The molecule has 0 aliphatic rings. The number of amides is 1. The standard InChI is InChI=1S/C13H11BrN2O2/c14-10-3-1-9(2-4-10)7-16-13(18)11-8-15-6-5-12(11)17/h1-6,8H,7H2,(H,15,17)(H,16,18). The first-order chi connectivity index (χ1) is 8.66. The molecule has 5 heteroatoms. The molecule has 0 fully saturated rings. The van der Waals surface area contributed by atoms with Gasteiger partial charge < -0.3 is 10.3 Å². The number of aromatic amines is 1. The number of aromatic nitrogens is 1. The van der Waals surface area contributed by atoms with Gasteiger partial charge >= 0.3 is 0 Å². The average Bonchev–Trinajstić information content (AvgIpc) is 2.38. The van der Waals surface area contributed by atoms with Crippen LogP contribution in [0.15, 0.2) is 52.0 Å². The molecule has 4 nitrogen and oxygen atoms in total. The molecule has 92 valence electrons. The van der Waals surface area contributed by atoms with Crippen LogP contribution in [0.4, 0.5) is 0 Å². The summed E-state index contributed by atoms with van der Waals surface area (Å²) < 4.78 is 0.983. The Labute approximate surface area is 112 Å². The van der Waals surface area contributed by atoms with E-state index in [0.29, 0.717) is 6.54 Å². The Morgan fingerprint density at radius 2 is 1.94 bits per heavy atom. The van der Waals surface area contributed by atoms with Gasteiger partial charge in [-0.1, -0.05) is 28.1 Å². The molecule has 0 saturated carbocycles. The third-order valence-corrected chi connectivity index (χ3v) is 2.96. The van der Waals surface area contributed by atoms with E-state index in [1.807, 2.05) is 24.3 Å². The third kappa shape index (κ3) is 3.07. The fourth-order valence-electron chi connectivity index (χ4n) is 1.47. The predicted octanol–water partition coefficient (Wildman–Crippen LogP) is 2.07. The van der Waals surface area contributed by atoms with Crippen LogP contribution in [0.25, 0.3) is 0 Å². The number of carbonyl (C=O) groups is 1. The van der Waals surface area contributed by atoms with Crippen molar-refractivity contribution in [1.82, 2.24) is 10.3 Å². The first-order valence-electron chi connectivity index (χ1n) is 5.36. The van der Waals surface area contributed by atoms with Gasteiger partial charge in [0.15, 0.2) is 5.43 Å². The second kappa shape index (κ2) is 5.64. The fourth-order valence-corrected chi connectivity index (χ4v) is 1.74. The summed E-state index contributed by atoms with van der Waals surface area (Å²) in [7, 11) is 0. The topological polar surface area (TPSA) is 62.0 Å². The summed E-state index contributed by atoms with van der Waals surface area (Å²) in [6.07, 6.45) is 2.90. The van der Waals surface area contributed by atoms with Crippen molar-refractivity contribution < 1.29 is 4.79 Å². The van der Waals surface area contributed by atoms with Gasteiger partial charge in [0, 0.05) is 29.5 Å². The molecule has 0 bridgehead atoms. The molecule has 0 aliphatic carbocycles. The van der Waals surface area contributed by atoms with E-state index >= 15 is 0 Å². The van der Waals surface area contributed by atoms with Gasteiger partial charge in [0.25, 0.3) is 5.91 Å². The van der Waals surface area contributed by atoms with Crippen LogP contribution in [0.1, 0.15) is 15.9 Å². The van der Waals surface area contributed by atoms with Crippen LogP contribution >= 0.6 is 15.9 Å². The third-order valence-electron chi connectivity index (χ3n) is 2.44. The van der Waals surface area contributed by atoms with Crippen LogP contribution in [0.5, 0.6) is 0 Å². The number of rotatable bonds is 3. The van der Waals surface area contributed by atoms with Gasteiger partial charge in [-0.05, 0) is 17.7 Å². The minimum atomic E-state index is -0.375. The number of halogens is 1. The summed E-state index contributed by atoms with van der Waals surface area (Å²) >= 11 is 3.34. The lowest BCUT2D eigenvalue weighted by Crippen LogP contribution is -2.27. The van der Waals surface area contributed by atoms with Crippen LogP contribution in [-0.2, 0) is 6.54 Å². The molecule has 2 aromatic rings. The van der Waals surface area contributed by atoms with Crippen LogP contribution < -0.4 is 10.7 Å². The zero-order valence-corrected chi connectivity index (χ0v) is 11.0. The van der Waals surface area contributed by atoms with Crippen molar-refractivity contribution >= 4 is 21.8 Å². The van der Waals surface area contributed by atoms with Crippen LogP contribution in [0.3, 0.4) is 0 Å². The second-order valence-electron chi connectivity index (χ2n) is 3.73. The minimum Gasteiger partial charge on any atom is -0.367 e. The summed E-state index contributed by atoms with van der Waals surface area (Å²) in [5, 5.41) is 2.70. The molecule has 0 saturated heterocycles. The maximum Gasteiger partial charge on any atom is 0.257 e. The highest BCUT2D eigenvalue weighted by Gasteiger charge is 2.08. The molecule has 1 aromatic heterocycles. The highest BCUT2D eigenvalue weighted by Crippen LogP contribution is 2.10. The molecule has 0 spiro atoms. The van der Waals surface area contributed by atoms with Gasteiger partial charge in [-0.15, -0.1) is 0 Å². The van der Waals surface area contributed by atoms with E-state index in [1.54, 1.807) is 0 Å². The van der Waals surface area contributed by atoms with Gasteiger partial charge in [0.2, 0.25) is 0 Å². The Morgan fingerprint density at radius 1 is 1.22 bits per heavy atom. The summed E-state index contributed by atoms with van der Waals surface area (Å²) in [6.45, 7) is 0.389. The fraction of sp³-hybridized carbons (Fsp3) is 0.0769. The number of pyridine rings is 1. The van der Waals surface area contributed by atoms with E-state index in [0.717, 1.165) is 10.0 Å². The Morgan fingerprint density at radius 3 is 2.61 bits per heavy atom. The molecule has 2 rings (SSSR count). The minimum absolute atomic E-state index is 0.120. The smallest absolute Gasteiger partial charge is 0.257 e. The quantitative estimate of drug-likeness (QED) is 0.912. The van der Waals surface area contributed by atoms with E-state index in [-0.39, 0.29) is 16.9 Å². The predicted molar refractivity (Wildman–Crippen MR) is 72.4 cm³/mol. The Bertz CT molecular complexity index is 605. The molecule has 0 atom stereocenters. The number of nitrogens with one attached hydrogen (secondary N) is 2. The van der Waals surface area contributed by atoms with E-state index in [9.17, 15) is 9.59 Å². The van der Waals surface area contributed by atoms with Crippen molar-refractivity contribution in [2.45, 2.75) is 6.54 Å². The van der Waals surface area contributed by atoms with E-state index < -0.39 is 0 Å². The molecule has 1 aromatic carbocycles. The maximum atomic E-state index is 11.8. The van der Waals surface area contributed by atoms with Crippen LogP contribution in [-0.4, -0.2) is 10.9 Å². The molecule has 0 radical (unpaired) electrons. The first-order valence-corrected chi connectivity index (χ1v) is 6.16. The van der Waals surface area contributed by atoms with Gasteiger partial charge in [-0.2, -0.15) is 0 Å². The summed E-state index contributed by atoms with van der Waals surface area (Å²) in [5.74, 6) is -0.375. The first kappa shape index (κ1) is 12.6. The lowest BCUT2D eigenvalue weighted by atomic mass is 10.2. The van der Waals surface area contributed by atoms with Crippen molar-refractivity contribution in [2.75, 3.05) is 0 Å². The van der Waals surface area contributed by atoms with Gasteiger partial charge in [0.1, 0.15) is 5.56 Å². The van der Waals surface area contributed by atoms with Crippen molar-refractivity contribution in [1.29, 1.82) is 0 Å². The normalized spacial score (nSPS) is 10.1. The van der Waals surface area contributed by atoms with Gasteiger partial charge in [0.05, 0.1) is 0 Å². The number of H-pyrrole nitrogens is 1. The molecule has 2 N–H and O–H groups in total. The van der Waals surface area contributed by atoms with Crippen molar-refractivity contribution in [3.05, 3.63) is 68.5 Å². The highest BCUT2D eigenvalue weighted by molar-refractivity contribution is 9.10. The number of hydrogen-bond acceptors (Lipinski definition) is 2. The largest absolute Gasteiger partial charge is 0.367 e. The Balaban J connectivity index is 2.03. The number of hydrogen-bond donors (Lipinski definition) is 2. The monoisotopic (exact) mass is 306 g/mol. The maximum absolute atomic E-state index is 11.8. The SMILES string of the molecule is O=C(NCc1ccc(Br)cc1)c1c[nH]ccc1=O. The van der Waals surface area contributed by atoms with Crippen LogP contribution in [0, 0.1) is 0 Å². The van der Waals surface area contributed by atoms with Gasteiger partial charge in [-0.3, -0.25) is 9.59 Å². The molecule has 1 heterocycles. The van der Waals surface area contributed by atoms with Gasteiger partial charge in [-0.25, -0.2) is 0 Å². The summed E-state index contributed by atoms with van der Waals surface area (Å²) in [4.78, 5) is 25.9. The van der Waals surface area contributed by atoms with E-state index in [1.165, 1.54) is 18.5 Å². The lowest BCUT2D eigenvalue weighted by Gasteiger charge is -2.04. The molecule has 0 unspecified atom stereocenters. The Kier molecular flexibility index (Phi) is 3.94. The highest BCUT2D eigenvalue weighted by atomic mass is 79.9. The summed E-state index contributed by atoms with van der Waals surface area (Å²) in [6, 6.07) is 8.93. The lowest BCUT2D eigenvalue weighted by molar-refractivity contribution is 0.0949. The summed E-state index contributed by atoms with van der Waals surface area (Å²) in [5.41, 5.74) is 0.801. The average molecular weight is 307 g/mol. The van der Waals surface area contributed by atoms with E-state index in [4.69, 9.17) is 0 Å². The zero-order chi connectivity index (χ0) is 13.0. The molecular weight excluding hydrogens is 296 g/mol. The molecule has 18 heavy (non-hydrogen) atoms. The van der Waals surface area contributed by atoms with E-state index in [2.05, 4.69) is 26.2 Å². The molecule has 0 aliphatic heterocycles. The van der Waals surface area contributed by atoms with Crippen LogP contribution in [0.2, 0.25) is 0 Å². The number of carbonyl (C=O) groups excluding carboxylic acids is 1. The molecular formula is C13H11BrN2O2. The Hall–Kier alpha value is -1.88. The zero-order valence-electron chi connectivity index (χ0n) is 9.44. The van der Waals surface area contributed by atoms with Crippen molar-refractivity contribution in [3.63, 3.8) is 0 Å².